The van der Waals surface area contributed by atoms with Crippen molar-refractivity contribution in [3.8, 4) is 5.75 Å². The molecular formula is C12H17NO2. The van der Waals surface area contributed by atoms with E-state index < -0.39 is 0 Å². The molecule has 1 unspecified atom stereocenters. The Morgan fingerprint density at radius 2 is 2.20 bits per heavy atom. The molecule has 0 aliphatic rings. The van der Waals surface area contributed by atoms with E-state index in [-0.39, 0.29) is 17.7 Å². The molecule has 0 fully saturated rings. The lowest BCUT2D eigenvalue weighted by molar-refractivity contribution is 0.0938. The van der Waals surface area contributed by atoms with Crippen molar-refractivity contribution < 1.29 is 9.90 Å². The summed E-state index contributed by atoms with van der Waals surface area (Å²) in [6, 6.07) is 4.93. The fourth-order valence-corrected chi connectivity index (χ4v) is 1.31. The maximum absolute atomic E-state index is 11.8. The minimum Gasteiger partial charge on any atom is -0.508 e. The number of carbonyl (C=O) groups is 1. The molecule has 0 aromatic heterocycles. The number of phenolic OH excluding ortho intramolecular Hbond substituents is 1. The highest BCUT2D eigenvalue weighted by molar-refractivity contribution is 5.95. The van der Waals surface area contributed by atoms with Gasteiger partial charge in [-0.1, -0.05) is 6.92 Å². The van der Waals surface area contributed by atoms with Gasteiger partial charge in [0.05, 0.1) is 0 Å². The Hall–Kier alpha value is -1.51. The number of rotatable bonds is 3. The van der Waals surface area contributed by atoms with Gasteiger partial charge in [-0.25, -0.2) is 0 Å². The molecule has 0 radical (unpaired) electrons. The van der Waals surface area contributed by atoms with Crippen molar-refractivity contribution in [3.05, 3.63) is 29.3 Å². The summed E-state index contributed by atoms with van der Waals surface area (Å²) in [6.45, 7) is 5.80. The van der Waals surface area contributed by atoms with E-state index in [4.69, 9.17) is 0 Å². The van der Waals surface area contributed by atoms with Crippen molar-refractivity contribution in [1.29, 1.82) is 0 Å². The van der Waals surface area contributed by atoms with Gasteiger partial charge in [0, 0.05) is 11.6 Å². The van der Waals surface area contributed by atoms with E-state index in [0.717, 1.165) is 12.0 Å². The lowest BCUT2D eigenvalue weighted by Crippen LogP contribution is -2.32. The quantitative estimate of drug-likeness (QED) is 0.798. The minimum atomic E-state index is -0.0816. The van der Waals surface area contributed by atoms with Crippen molar-refractivity contribution in [2.45, 2.75) is 33.2 Å². The third-order valence-corrected chi connectivity index (χ3v) is 2.44. The summed E-state index contributed by atoms with van der Waals surface area (Å²) in [5.74, 6) is 0.106. The van der Waals surface area contributed by atoms with Crippen molar-refractivity contribution in [2.24, 2.45) is 0 Å². The summed E-state index contributed by atoms with van der Waals surface area (Å²) in [5.41, 5.74) is 1.41. The van der Waals surface area contributed by atoms with Crippen LogP contribution in [-0.4, -0.2) is 17.1 Å². The number of phenols is 1. The van der Waals surface area contributed by atoms with Gasteiger partial charge in [0.25, 0.3) is 5.91 Å². The molecule has 0 aliphatic heterocycles. The first-order valence-electron chi connectivity index (χ1n) is 5.15. The van der Waals surface area contributed by atoms with Crippen molar-refractivity contribution in [3.63, 3.8) is 0 Å². The molecule has 0 aliphatic carbocycles. The summed E-state index contributed by atoms with van der Waals surface area (Å²) >= 11 is 0. The smallest absolute Gasteiger partial charge is 0.251 e. The van der Waals surface area contributed by atoms with E-state index in [2.05, 4.69) is 5.32 Å². The Bertz CT molecular complexity index is 361. The molecule has 1 aromatic rings. The van der Waals surface area contributed by atoms with Crippen LogP contribution in [0.15, 0.2) is 18.2 Å². The van der Waals surface area contributed by atoms with Crippen LogP contribution in [0.1, 0.15) is 36.2 Å². The van der Waals surface area contributed by atoms with Crippen LogP contribution in [0.25, 0.3) is 0 Å². The van der Waals surface area contributed by atoms with Crippen LogP contribution in [0.3, 0.4) is 0 Å². The highest BCUT2D eigenvalue weighted by Crippen LogP contribution is 2.15. The average Bonchev–Trinajstić information content (AvgIpc) is 2.17. The first kappa shape index (κ1) is 11.6. The molecule has 0 bridgehead atoms. The van der Waals surface area contributed by atoms with Gasteiger partial charge in [-0.3, -0.25) is 4.79 Å². The van der Waals surface area contributed by atoms with Crippen molar-refractivity contribution >= 4 is 5.91 Å². The minimum absolute atomic E-state index is 0.0816. The largest absolute Gasteiger partial charge is 0.508 e. The zero-order valence-corrected chi connectivity index (χ0v) is 9.37. The molecule has 15 heavy (non-hydrogen) atoms. The van der Waals surface area contributed by atoms with Crippen LogP contribution in [0.5, 0.6) is 5.75 Å². The van der Waals surface area contributed by atoms with Crippen LogP contribution < -0.4 is 5.32 Å². The molecule has 1 atom stereocenters. The zero-order chi connectivity index (χ0) is 11.4. The Morgan fingerprint density at radius 1 is 1.53 bits per heavy atom. The summed E-state index contributed by atoms with van der Waals surface area (Å²) in [6.07, 6.45) is 0.906. The van der Waals surface area contributed by atoms with Crippen LogP contribution in [-0.2, 0) is 0 Å². The second-order valence-electron chi connectivity index (χ2n) is 3.78. The van der Waals surface area contributed by atoms with E-state index in [9.17, 15) is 9.90 Å². The molecule has 1 aromatic carbocycles. The van der Waals surface area contributed by atoms with E-state index in [1.807, 2.05) is 20.8 Å². The van der Waals surface area contributed by atoms with Gasteiger partial charge < -0.3 is 10.4 Å². The van der Waals surface area contributed by atoms with Gasteiger partial charge in [-0.15, -0.1) is 0 Å². The maximum Gasteiger partial charge on any atom is 0.251 e. The van der Waals surface area contributed by atoms with Crippen LogP contribution in [0, 0.1) is 6.92 Å². The van der Waals surface area contributed by atoms with Crippen LogP contribution in [0.4, 0.5) is 0 Å². The molecule has 0 spiro atoms. The van der Waals surface area contributed by atoms with Gasteiger partial charge >= 0.3 is 0 Å². The molecule has 1 rings (SSSR count). The summed E-state index contributed by atoms with van der Waals surface area (Å²) < 4.78 is 0. The third-order valence-electron chi connectivity index (χ3n) is 2.44. The fourth-order valence-electron chi connectivity index (χ4n) is 1.31. The molecule has 0 saturated heterocycles. The first-order valence-corrected chi connectivity index (χ1v) is 5.15. The first-order chi connectivity index (χ1) is 7.04. The second kappa shape index (κ2) is 4.82. The number of hydrogen-bond donors (Lipinski definition) is 2. The lowest BCUT2D eigenvalue weighted by atomic mass is 10.1. The van der Waals surface area contributed by atoms with Crippen molar-refractivity contribution in [1.82, 2.24) is 5.32 Å². The molecule has 82 valence electrons. The molecule has 0 heterocycles. The summed E-state index contributed by atoms with van der Waals surface area (Å²) in [4.78, 5) is 11.8. The monoisotopic (exact) mass is 207 g/mol. The fraction of sp³-hybridized carbons (Fsp3) is 0.417. The highest BCUT2D eigenvalue weighted by Gasteiger charge is 2.10. The molecule has 3 nitrogen and oxygen atoms in total. The molecule has 2 N–H and O–H groups in total. The second-order valence-corrected chi connectivity index (χ2v) is 3.78. The SMILES string of the molecule is CCC(C)NC(=O)c1ccc(O)cc1C. The zero-order valence-electron chi connectivity index (χ0n) is 9.37. The highest BCUT2D eigenvalue weighted by atomic mass is 16.3. The standard InChI is InChI=1S/C12H17NO2/c1-4-9(3)13-12(15)11-6-5-10(14)7-8(11)2/h5-7,9,14H,4H2,1-3H3,(H,13,15). The maximum atomic E-state index is 11.8. The molecule has 3 heteroatoms. The third kappa shape index (κ3) is 2.98. The van der Waals surface area contributed by atoms with Crippen LogP contribution >= 0.6 is 0 Å². The van der Waals surface area contributed by atoms with Gasteiger partial charge in [0.15, 0.2) is 0 Å². The van der Waals surface area contributed by atoms with E-state index >= 15 is 0 Å². The lowest BCUT2D eigenvalue weighted by Gasteiger charge is -2.12. The number of aryl methyl sites for hydroxylation is 1. The predicted molar refractivity (Wildman–Crippen MR) is 60.1 cm³/mol. The Kier molecular flexibility index (Phi) is 3.72. The van der Waals surface area contributed by atoms with Gasteiger partial charge in [-0.05, 0) is 44.0 Å². The number of aromatic hydroxyl groups is 1. The normalized spacial score (nSPS) is 12.2. The topological polar surface area (TPSA) is 49.3 Å². The molecule has 1 amide bonds. The average molecular weight is 207 g/mol. The molecule has 0 saturated carbocycles. The van der Waals surface area contributed by atoms with E-state index in [0.29, 0.717) is 5.56 Å². The van der Waals surface area contributed by atoms with E-state index in [1.54, 1.807) is 12.1 Å². The van der Waals surface area contributed by atoms with Crippen LogP contribution in [0.2, 0.25) is 0 Å². The molecular weight excluding hydrogens is 190 g/mol. The number of carbonyl (C=O) groups excluding carboxylic acids is 1. The summed E-state index contributed by atoms with van der Waals surface area (Å²) in [7, 11) is 0. The number of amides is 1. The number of nitrogens with one attached hydrogen (secondary N) is 1. The van der Waals surface area contributed by atoms with E-state index in [1.165, 1.54) is 6.07 Å². The Labute approximate surface area is 90.1 Å². The Balaban J connectivity index is 2.82. The number of benzene rings is 1. The van der Waals surface area contributed by atoms with Crippen molar-refractivity contribution in [2.75, 3.05) is 0 Å². The summed E-state index contributed by atoms with van der Waals surface area (Å²) in [5, 5.41) is 12.1. The van der Waals surface area contributed by atoms with Gasteiger partial charge in [0.2, 0.25) is 0 Å². The predicted octanol–water partition coefficient (Wildman–Crippen LogP) is 2.23. The Morgan fingerprint density at radius 3 is 2.73 bits per heavy atom. The van der Waals surface area contributed by atoms with Gasteiger partial charge in [-0.2, -0.15) is 0 Å². The number of hydrogen-bond acceptors (Lipinski definition) is 2. The van der Waals surface area contributed by atoms with Gasteiger partial charge in [0.1, 0.15) is 5.75 Å².